The highest BCUT2D eigenvalue weighted by Gasteiger charge is 2.24. The van der Waals surface area contributed by atoms with Gasteiger partial charge in [-0.2, -0.15) is 5.10 Å². The van der Waals surface area contributed by atoms with E-state index in [-0.39, 0.29) is 17.3 Å². The third-order valence-corrected chi connectivity index (χ3v) is 3.36. The molecule has 20 heavy (non-hydrogen) atoms. The number of rotatable bonds is 4. The van der Waals surface area contributed by atoms with Crippen LogP contribution in [0.3, 0.4) is 0 Å². The molecule has 0 saturated heterocycles. The number of aromatic nitrogens is 2. The highest BCUT2D eigenvalue weighted by Crippen LogP contribution is 2.26. The highest BCUT2D eigenvalue weighted by atomic mass is 79.9. The van der Waals surface area contributed by atoms with Crippen molar-refractivity contribution in [3.8, 4) is 5.75 Å². The first-order chi connectivity index (χ1) is 9.45. The third-order valence-electron chi connectivity index (χ3n) is 2.86. The second-order valence-electron chi connectivity index (χ2n) is 4.55. The monoisotopic (exact) mass is 340 g/mol. The van der Waals surface area contributed by atoms with E-state index in [1.54, 1.807) is 6.07 Å². The fourth-order valence-corrected chi connectivity index (χ4v) is 2.24. The molecule has 1 aromatic heterocycles. The summed E-state index contributed by atoms with van der Waals surface area (Å²) in [5, 5.41) is 4.12. The van der Waals surface area contributed by atoms with E-state index in [0.717, 1.165) is 0 Å². The summed E-state index contributed by atoms with van der Waals surface area (Å²) in [6, 6.07) is 4.30. The van der Waals surface area contributed by atoms with Gasteiger partial charge >= 0.3 is 0 Å². The SMILES string of the molecule is COc1cnn(C(C)C)c1C(=O)c1ccc(Br)cc1F. The minimum Gasteiger partial charge on any atom is -0.493 e. The molecule has 0 unspecified atom stereocenters. The predicted molar refractivity (Wildman–Crippen MR) is 76.7 cm³/mol. The van der Waals surface area contributed by atoms with E-state index >= 15 is 0 Å². The van der Waals surface area contributed by atoms with Gasteiger partial charge in [-0.15, -0.1) is 0 Å². The van der Waals surface area contributed by atoms with E-state index in [4.69, 9.17) is 4.74 Å². The van der Waals surface area contributed by atoms with Crippen molar-refractivity contribution in [2.75, 3.05) is 7.11 Å². The largest absolute Gasteiger partial charge is 0.493 e. The van der Waals surface area contributed by atoms with Crippen molar-refractivity contribution in [3.05, 3.63) is 45.9 Å². The molecule has 4 nitrogen and oxygen atoms in total. The maximum atomic E-state index is 13.9. The maximum absolute atomic E-state index is 13.9. The first-order valence-corrected chi connectivity index (χ1v) is 6.86. The number of ketones is 1. The summed E-state index contributed by atoms with van der Waals surface area (Å²) in [4.78, 5) is 12.5. The summed E-state index contributed by atoms with van der Waals surface area (Å²) < 4.78 is 21.2. The van der Waals surface area contributed by atoms with Crippen LogP contribution in [-0.4, -0.2) is 22.7 Å². The van der Waals surface area contributed by atoms with Gasteiger partial charge in [0.2, 0.25) is 5.78 Å². The van der Waals surface area contributed by atoms with Crippen molar-refractivity contribution in [2.24, 2.45) is 0 Å². The van der Waals surface area contributed by atoms with Crippen molar-refractivity contribution in [1.29, 1.82) is 0 Å². The van der Waals surface area contributed by atoms with E-state index < -0.39 is 11.6 Å². The van der Waals surface area contributed by atoms with Crippen molar-refractivity contribution in [3.63, 3.8) is 0 Å². The molecule has 0 atom stereocenters. The summed E-state index contributed by atoms with van der Waals surface area (Å²) in [7, 11) is 1.45. The Morgan fingerprint density at radius 2 is 2.15 bits per heavy atom. The van der Waals surface area contributed by atoms with Crippen LogP contribution in [0.4, 0.5) is 4.39 Å². The van der Waals surface area contributed by atoms with Gasteiger partial charge in [0.1, 0.15) is 5.82 Å². The molecule has 1 heterocycles. The number of carbonyl (C=O) groups excluding carboxylic acids is 1. The zero-order valence-electron chi connectivity index (χ0n) is 11.4. The average Bonchev–Trinajstić information content (AvgIpc) is 2.81. The lowest BCUT2D eigenvalue weighted by Crippen LogP contribution is -2.15. The van der Waals surface area contributed by atoms with Crippen LogP contribution in [0.25, 0.3) is 0 Å². The average molecular weight is 341 g/mol. The van der Waals surface area contributed by atoms with Crippen LogP contribution in [0, 0.1) is 5.82 Å². The van der Waals surface area contributed by atoms with Crippen LogP contribution in [0.15, 0.2) is 28.9 Å². The van der Waals surface area contributed by atoms with Gasteiger partial charge in [-0.25, -0.2) is 4.39 Å². The first-order valence-electron chi connectivity index (χ1n) is 6.07. The Morgan fingerprint density at radius 3 is 2.70 bits per heavy atom. The number of halogens is 2. The fourth-order valence-electron chi connectivity index (χ4n) is 1.90. The van der Waals surface area contributed by atoms with Crippen molar-refractivity contribution in [2.45, 2.75) is 19.9 Å². The van der Waals surface area contributed by atoms with Crippen LogP contribution in [0.5, 0.6) is 5.75 Å². The molecule has 0 saturated carbocycles. The Kier molecular flexibility index (Phi) is 4.23. The van der Waals surface area contributed by atoms with Crippen molar-refractivity contribution < 1.29 is 13.9 Å². The highest BCUT2D eigenvalue weighted by molar-refractivity contribution is 9.10. The van der Waals surface area contributed by atoms with Gasteiger partial charge in [0.15, 0.2) is 11.4 Å². The number of methoxy groups -OCH3 is 1. The van der Waals surface area contributed by atoms with Crippen LogP contribution in [0.1, 0.15) is 35.9 Å². The molecule has 0 aliphatic carbocycles. The fraction of sp³-hybridized carbons (Fsp3) is 0.286. The van der Waals surface area contributed by atoms with E-state index in [9.17, 15) is 9.18 Å². The van der Waals surface area contributed by atoms with E-state index in [2.05, 4.69) is 21.0 Å². The molecular weight excluding hydrogens is 327 g/mol. The molecule has 0 amide bonds. The van der Waals surface area contributed by atoms with E-state index in [1.165, 1.54) is 30.1 Å². The lowest BCUT2D eigenvalue weighted by atomic mass is 10.1. The van der Waals surface area contributed by atoms with Crippen LogP contribution >= 0.6 is 15.9 Å². The van der Waals surface area contributed by atoms with Gasteiger partial charge in [0.25, 0.3) is 0 Å². The Morgan fingerprint density at radius 1 is 1.45 bits per heavy atom. The zero-order chi connectivity index (χ0) is 14.9. The lowest BCUT2D eigenvalue weighted by molar-refractivity contribution is 0.102. The molecule has 2 aromatic rings. The number of nitrogens with zero attached hydrogens (tertiary/aromatic N) is 2. The molecule has 0 spiro atoms. The van der Waals surface area contributed by atoms with Gasteiger partial charge in [-0.05, 0) is 32.0 Å². The molecule has 1 aromatic carbocycles. The molecule has 106 valence electrons. The summed E-state index contributed by atoms with van der Waals surface area (Å²) in [6.45, 7) is 3.78. The second kappa shape index (κ2) is 5.75. The van der Waals surface area contributed by atoms with Gasteiger partial charge in [0, 0.05) is 10.5 Å². The minimum absolute atomic E-state index is 0.00565. The number of carbonyl (C=O) groups is 1. The molecule has 0 fully saturated rings. The maximum Gasteiger partial charge on any atom is 0.217 e. The molecule has 6 heteroatoms. The van der Waals surface area contributed by atoms with Gasteiger partial charge in [0.05, 0.1) is 18.9 Å². The molecule has 0 N–H and O–H groups in total. The van der Waals surface area contributed by atoms with Gasteiger partial charge < -0.3 is 4.74 Å². The first kappa shape index (κ1) is 14.7. The predicted octanol–water partition coefficient (Wildman–Crippen LogP) is 3.61. The summed E-state index contributed by atoms with van der Waals surface area (Å²) in [5.41, 5.74) is 0.248. The Hall–Kier alpha value is -1.69. The second-order valence-corrected chi connectivity index (χ2v) is 5.47. The Labute approximate surface area is 124 Å². The summed E-state index contributed by atoms with van der Waals surface area (Å²) in [6.07, 6.45) is 1.46. The van der Waals surface area contributed by atoms with Crippen LogP contribution < -0.4 is 4.74 Å². The van der Waals surface area contributed by atoms with Crippen LogP contribution in [0.2, 0.25) is 0 Å². The summed E-state index contributed by atoms with van der Waals surface area (Å²) >= 11 is 3.17. The number of ether oxygens (including phenoxy) is 1. The number of benzene rings is 1. The Balaban J connectivity index is 2.55. The number of hydrogen-bond donors (Lipinski definition) is 0. The molecule has 0 aliphatic rings. The van der Waals surface area contributed by atoms with Gasteiger partial charge in [-0.1, -0.05) is 15.9 Å². The number of hydrogen-bond acceptors (Lipinski definition) is 3. The van der Waals surface area contributed by atoms with E-state index in [1.807, 2.05) is 13.8 Å². The zero-order valence-corrected chi connectivity index (χ0v) is 12.9. The van der Waals surface area contributed by atoms with Crippen molar-refractivity contribution in [1.82, 2.24) is 9.78 Å². The quantitative estimate of drug-likeness (QED) is 0.798. The normalized spacial score (nSPS) is 10.9. The smallest absolute Gasteiger partial charge is 0.217 e. The topological polar surface area (TPSA) is 44.1 Å². The van der Waals surface area contributed by atoms with Gasteiger partial charge in [-0.3, -0.25) is 9.48 Å². The van der Waals surface area contributed by atoms with E-state index in [0.29, 0.717) is 10.2 Å². The molecule has 0 bridgehead atoms. The van der Waals surface area contributed by atoms with Crippen molar-refractivity contribution >= 4 is 21.7 Å². The minimum atomic E-state index is -0.581. The standard InChI is InChI=1S/C14H14BrFN2O2/c1-8(2)18-13(12(20-3)7-17-18)14(19)10-5-4-9(15)6-11(10)16/h4-8H,1-3H3. The van der Waals surface area contributed by atoms with Crippen LogP contribution in [-0.2, 0) is 0 Å². The lowest BCUT2D eigenvalue weighted by Gasteiger charge is -2.11. The Bertz CT molecular complexity index is 653. The molecular formula is C14H14BrFN2O2. The third kappa shape index (κ3) is 2.60. The molecule has 0 aliphatic heterocycles. The molecule has 2 rings (SSSR count). The summed E-state index contributed by atoms with van der Waals surface area (Å²) in [5.74, 6) is -0.688. The molecule has 0 radical (unpaired) electrons.